The number of benzene rings is 2. The molecule has 0 aliphatic carbocycles. The quantitative estimate of drug-likeness (QED) is 0.720. The van der Waals surface area contributed by atoms with Crippen LogP contribution in [0.5, 0.6) is 0 Å². The van der Waals surface area contributed by atoms with Crippen molar-refractivity contribution in [3.8, 4) is 0 Å². The van der Waals surface area contributed by atoms with Gasteiger partial charge in [-0.05, 0) is 37.3 Å². The largest absolute Gasteiger partial charge is 0.447 e. The second-order valence-corrected chi connectivity index (χ2v) is 6.93. The summed E-state index contributed by atoms with van der Waals surface area (Å²) in [5.74, 6) is 0.701. The smallest absolute Gasteiger partial charge is 0.416 e. The van der Waals surface area contributed by atoms with Gasteiger partial charge in [-0.15, -0.1) is 0 Å². The van der Waals surface area contributed by atoms with E-state index in [0.29, 0.717) is 12.4 Å². The van der Waals surface area contributed by atoms with Crippen LogP contribution in [0.15, 0.2) is 60.7 Å². The van der Waals surface area contributed by atoms with Crippen LogP contribution >= 0.6 is 0 Å². The molecule has 1 aliphatic heterocycles. The third-order valence-corrected chi connectivity index (χ3v) is 5.06. The lowest BCUT2D eigenvalue weighted by Gasteiger charge is -2.20. The van der Waals surface area contributed by atoms with Gasteiger partial charge in [0.05, 0.1) is 6.04 Å². The van der Waals surface area contributed by atoms with Gasteiger partial charge in [-0.2, -0.15) is 5.10 Å². The maximum absolute atomic E-state index is 12.5. The van der Waals surface area contributed by atoms with Gasteiger partial charge in [-0.3, -0.25) is 10.00 Å². The molecule has 1 fully saturated rings. The molecule has 0 unspecified atom stereocenters. The molecule has 1 aliphatic rings. The number of carbonyl (C=O) groups excluding carboxylic acids is 1. The number of aromatic nitrogens is 2. The minimum Gasteiger partial charge on any atom is -0.447 e. The van der Waals surface area contributed by atoms with Crippen LogP contribution in [0.2, 0.25) is 0 Å². The number of hydrogen-bond donors (Lipinski definition) is 1. The van der Waals surface area contributed by atoms with Crippen molar-refractivity contribution < 1.29 is 9.53 Å². The van der Waals surface area contributed by atoms with Crippen molar-refractivity contribution in [3.63, 3.8) is 0 Å². The first-order chi connectivity index (χ1) is 13.2. The predicted octanol–water partition coefficient (Wildman–Crippen LogP) is 4.07. The zero-order chi connectivity index (χ0) is 18.6. The highest BCUT2D eigenvalue weighted by Gasteiger charge is 2.37. The fraction of sp³-hybridized carbons (Fsp3) is 0.273. The van der Waals surface area contributed by atoms with E-state index in [9.17, 15) is 4.79 Å². The van der Waals surface area contributed by atoms with Gasteiger partial charge in [0.25, 0.3) is 0 Å². The number of nitrogens with one attached hydrogen (secondary N) is 1. The minimum absolute atomic E-state index is 0.0434. The molecule has 2 heterocycles. The summed E-state index contributed by atoms with van der Waals surface area (Å²) < 4.78 is 5.36. The van der Waals surface area contributed by atoms with Crippen molar-refractivity contribution in [1.82, 2.24) is 10.2 Å². The number of rotatable bonds is 6. The molecule has 5 heteroatoms. The minimum atomic E-state index is -0.316. The molecular weight excluding hydrogens is 338 g/mol. The van der Waals surface area contributed by atoms with E-state index in [1.54, 1.807) is 4.90 Å². The van der Waals surface area contributed by atoms with E-state index in [1.165, 1.54) is 11.1 Å². The zero-order valence-electron chi connectivity index (χ0n) is 15.4. The summed E-state index contributed by atoms with van der Waals surface area (Å²) in [6, 6.07) is 20.5. The van der Waals surface area contributed by atoms with E-state index in [0.717, 1.165) is 30.5 Å². The SMILES string of the molecule is Cc1[nH]nc(N2C(=O)OC[C@@H]2Cc2ccccc2)c1CCc1ccccc1. The second kappa shape index (κ2) is 7.66. The monoisotopic (exact) mass is 361 g/mol. The van der Waals surface area contributed by atoms with Crippen molar-refractivity contribution in [1.29, 1.82) is 0 Å². The number of ether oxygens (including phenoxy) is 1. The van der Waals surface area contributed by atoms with E-state index >= 15 is 0 Å². The van der Waals surface area contributed by atoms with Gasteiger partial charge in [-0.1, -0.05) is 60.7 Å². The zero-order valence-corrected chi connectivity index (χ0v) is 15.4. The van der Waals surface area contributed by atoms with Crippen LogP contribution in [0.25, 0.3) is 0 Å². The van der Waals surface area contributed by atoms with Crippen LogP contribution in [-0.4, -0.2) is 28.9 Å². The second-order valence-electron chi connectivity index (χ2n) is 6.93. The molecule has 1 N–H and O–H groups in total. The molecule has 138 valence electrons. The molecule has 1 atom stereocenters. The molecule has 0 radical (unpaired) electrons. The van der Waals surface area contributed by atoms with Gasteiger partial charge in [0, 0.05) is 11.3 Å². The van der Waals surface area contributed by atoms with Crippen molar-refractivity contribution in [2.45, 2.75) is 32.2 Å². The Bertz CT molecular complexity index is 906. The Hall–Kier alpha value is -3.08. The van der Waals surface area contributed by atoms with Gasteiger partial charge in [0.15, 0.2) is 5.82 Å². The van der Waals surface area contributed by atoms with Crippen molar-refractivity contribution in [2.75, 3.05) is 11.5 Å². The molecule has 3 aromatic rings. The normalized spacial score (nSPS) is 16.6. The number of cyclic esters (lactones) is 1. The molecule has 2 aromatic carbocycles. The first-order valence-corrected chi connectivity index (χ1v) is 9.30. The van der Waals surface area contributed by atoms with Gasteiger partial charge in [0.2, 0.25) is 0 Å². The summed E-state index contributed by atoms with van der Waals surface area (Å²) in [7, 11) is 0. The number of hydrogen-bond acceptors (Lipinski definition) is 3. The molecule has 27 heavy (non-hydrogen) atoms. The number of H-pyrrole nitrogens is 1. The summed E-state index contributed by atoms with van der Waals surface area (Å²) in [5.41, 5.74) is 4.53. The fourth-order valence-corrected chi connectivity index (χ4v) is 3.61. The number of carbonyl (C=O) groups is 1. The Morgan fingerprint density at radius 2 is 1.70 bits per heavy atom. The van der Waals surface area contributed by atoms with Crippen LogP contribution in [0, 0.1) is 6.92 Å². The highest BCUT2D eigenvalue weighted by molar-refractivity contribution is 5.90. The molecule has 4 rings (SSSR count). The maximum atomic E-state index is 12.5. The van der Waals surface area contributed by atoms with Crippen molar-refractivity contribution in [2.24, 2.45) is 0 Å². The summed E-state index contributed by atoms with van der Waals surface area (Å²) >= 11 is 0. The molecule has 0 spiro atoms. The van der Waals surface area contributed by atoms with Crippen LogP contribution in [0.3, 0.4) is 0 Å². The first-order valence-electron chi connectivity index (χ1n) is 9.30. The van der Waals surface area contributed by atoms with E-state index < -0.39 is 0 Å². The topological polar surface area (TPSA) is 58.2 Å². The number of aryl methyl sites for hydroxylation is 2. The fourth-order valence-electron chi connectivity index (χ4n) is 3.61. The third-order valence-electron chi connectivity index (χ3n) is 5.06. The molecule has 5 nitrogen and oxygen atoms in total. The van der Waals surface area contributed by atoms with Crippen LogP contribution in [0.4, 0.5) is 10.6 Å². The lowest BCUT2D eigenvalue weighted by Crippen LogP contribution is -2.36. The summed E-state index contributed by atoms with van der Waals surface area (Å²) in [6.07, 6.45) is 2.16. The number of aromatic amines is 1. The highest BCUT2D eigenvalue weighted by Crippen LogP contribution is 2.29. The molecular formula is C22H23N3O2. The van der Waals surface area contributed by atoms with E-state index in [2.05, 4.69) is 34.5 Å². The van der Waals surface area contributed by atoms with Crippen LogP contribution < -0.4 is 4.90 Å². The average molecular weight is 361 g/mol. The lowest BCUT2D eigenvalue weighted by atomic mass is 10.0. The van der Waals surface area contributed by atoms with Gasteiger partial charge < -0.3 is 4.74 Å². The number of anilines is 1. The molecule has 1 aromatic heterocycles. The van der Waals surface area contributed by atoms with Gasteiger partial charge in [-0.25, -0.2) is 4.79 Å². The average Bonchev–Trinajstić information content (AvgIpc) is 3.23. The summed E-state index contributed by atoms with van der Waals surface area (Å²) in [5, 5.41) is 7.51. The van der Waals surface area contributed by atoms with E-state index in [-0.39, 0.29) is 12.1 Å². The summed E-state index contributed by atoms with van der Waals surface area (Å²) in [6.45, 7) is 2.39. The molecule has 0 saturated carbocycles. The Kier molecular flexibility index (Phi) is 4.92. The van der Waals surface area contributed by atoms with E-state index in [4.69, 9.17) is 4.74 Å². The van der Waals surface area contributed by atoms with Gasteiger partial charge in [0.1, 0.15) is 6.61 Å². The Balaban J connectivity index is 1.56. The number of amides is 1. The molecule has 1 saturated heterocycles. The lowest BCUT2D eigenvalue weighted by molar-refractivity contribution is 0.178. The number of nitrogens with zero attached hydrogens (tertiary/aromatic N) is 2. The highest BCUT2D eigenvalue weighted by atomic mass is 16.6. The van der Waals surface area contributed by atoms with Gasteiger partial charge >= 0.3 is 6.09 Å². The van der Waals surface area contributed by atoms with E-state index in [1.807, 2.05) is 43.3 Å². The Morgan fingerprint density at radius 3 is 2.41 bits per heavy atom. The predicted molar refractivity (Wildman–Crippen MR) is 105 cm³/mol. The summed E-state index contributed by atoms with van der Waals surface area (Å²) in [4.78, 5) is 14.2. The van der Waals surface area contributed by atoms with Crippen molar-refractivity contribution >= 4 is 11.9 Å². The van der Waals surface area contributed by atoms with Crippen molar-refractivity contribution in [3.05, 3.63) is 83.0 Å². The molecule has 0 bridgehead atoms. The third kappa shape index (κ3) is 3.72. The standard InChI is InChI=1S/C22H23N3O2/c1-16-20(13-12-17-8-4-2-5-9-17)21(24-23-16)25-19(15-27-22(25)26)14-18-10-6-3-7-11-18/h2-11,19H,12-15H2,1H3,(H,23,24)/t19-/m0/s1. The first kappa shape index (κ1) is 17.3. The van der Waals surface area contributed by atoms with Crippen LogP contribution in [0.1, 0.15) is 22.4 Å². The Morgan fingerprint density at radius 1 is 1.04 bits per heavy atom. The Labute approximate surface area is 159 Å². The molecule has 1 amide bonds. The van der Waals surface area contributed by atoms with Crippen LogP contribution in [-0.2, 0) is 24.0 Å². The maximum Gasteiger partial charge on any atom is 0.416 e.